The van der Waals surface area contributed by atoms with Gasteiger partial charge in [0.1, 0.15) is 0 Å². The van der Waals surface area contributed by atoms with Gasteiger partial charge in [0.15, 0.2) is 0 Å². The van der Waals surface area contributed by atoms with E-state index in [2.05, 4.69) is 31.4 Å². The summed E-state index contributed by atoms with van der Waals surface area (Å²) < 4.78 is 0. The topological polar surface area (TPSA) is 41.1 Å². The summed E-state index contributed by atoms with van der Waals surface area (Å²) in [5, 5.41) is 6.29. The first-order valence-corrected chi connectivity index (χ1v) is 4.45. The Kier molecular flexibility index (Phi) is 2.42. The molecule has 1 aliphatic heterocycles. The lowest BCUT2D eigenvalue weighted by Crippen LogP contribution is -2.60. The highest BCUT2D eigenvalue weighted by Gasteiger charge is 2.31. The number of nitrogens with one attached hydrogen (secondary N) is 2. The summed E-state index contributed by atoms with van der Waals surface area (Å²) in [4.78, 5) is 11.2. The number of hydrogen-bond donors (Lipinski definition) is 2. The van der Waals surface area contributed by atoms with E-state index < -0.39 is 0 Å². The fraction of sp³-hybridized carbons (Fsp3) is 0.889. The predicted octanol–water partition coefficient (Wildman–Crippen LogP) is 0.857. The Labute approximate surface area is 73.9 Å². The Balaban J connectivity index is 2.62. The van der Waals surface area contributed by atoms with Crippen molar-refractivity contribution in [3.05, 3.63) is 0 Å². The van der Waals surface area contributed by atoms with E-state index in [9.17, 15) is 4.79 Å². The van der Waals surface area contributed by atoms with E-state index >= 15 is 0 Å². The van der Waals surface area contributed by atoms with Crippen LogP contribution in [0.1, 0.15) is 34.1 Å². The second-order valence-electron chi connectivity index (χ2n) is 4.64. The fourth-order valence-corrected chi connectivity index (χ4v) is 1.35. The van der Waals surface area contributed by atoms with Crippen LogP contribution in [0, 0.1) is 5.41 Å². The van der Waals surface area contributed by atoms with Gasteiger partial charge in [-0.1, -0.05) is 20.8 Å². The number of carbonyl (C=O) groups excluding carboxylic acids is 1. The molecule has 0 saturated carbocycles. The average molecular weight is 170 g/mol. The summed E-state index contributed by atoms with van der Waals surface area (Å²) in [6.07, 6.45) is 0.695. The fourth-order valence-electron chi connectivity index (χ4n) is 1.35. The average Bonchev–Trinajstić information content (AvgIpc) is 1.82. The van der Waals surface area contributed by atoms with Crippen molar-refractivity contribution in [3.63, 3.8) is 0 Å². The van der Waals surface area contributed by atoms with Gasteiger partial charge in [-0.3, -0.25) is 10.1 Å². The van der Waals surface area contributed by atoms with Gasteiger partial charge in [0.2, 0.25) is 5.91 Å². The molecule has 0 aliphatic carbocycles. The monoisotopic (exact) mass is 170 g/mol. The molecular weight excluding hydrogens is 152 g/mol. The smallest absolute Gasteiger partial charge is 0.222 e. The van der Waals surface area contributed by atoms with Gasteiger partial charge in [-0.2, -0.15) is 0 Å². The van der Waals surface area contributed by atoms with Crippen molar-refractivity contribution in [2.75, 3.05) is 0 Å². The van der Waals surface area contributed by atoms with E-state index in [1.165, 1.54) is 0 Å². The highest BCUT2D eigenvalue weighted by Crippen LogP contribution is 2.20. The molecule has 0 aromatic carbocycles. The third kappa shape index (κ3) is 2.21. The van der Waals surface area contributed by atoms with Crippen LogP contribution in [0.4, 0.5) is 0 Å². The van der Waals surface area contributed by atoms with Gasteiger partial charge in [-0.15, -0.1) is 0 Å². The Morgan fingerprint density at radius 1 is 1.42 bits per heavy atom. The van der Waals surface area contributed by atoms with E-state index in [1.54, 1.807) is 0 Å². The SMILES string of the molecule is CC1CC(=O)NC(C(C)(C)C)N1. The van der Waals surface area contributed by atoms with E-state index in [0.29, 0.717) is 12.5 Å². The molecule has 0 aromatic rings. The van der Waals surface area contributed by atoms with Gasteiger partial charge < -0.3 is 5.32 Å². The molecule has 3 heteroatoms. The van der Waals surface area contributed by atoms with Gasteiger partial charge in [0, 0.05) is 12.5 Å². The largest absolute Gasteiger partial charge is 0.340 e. The Hall–Kier alpha value is -0.570. The summed E-state index contributed by atoms with van der Waals surface area (Å²) in [5.74, 6) is 0.154. The minimum Gasteiger partial charge on any atom is -0.340 e. The van der Waals surface area contributed by atoms with Gasteiger partial charge in [0.05, 0.1) is 6.17 Å². The lowest BCUT2D eigenvalue weighted by molar-refractivity contribution is -0.125. The van der Waals surface area contributed by atoms with Crippen LogP contribution in [-0.2, 0) is 4.79 Å². The lowest BCUT2D eigenvalue weighted by atomic mass is 9.90. The molecule has 0 bridgehead atoms. The minimum absolute atomic E-state index is 0.0876. The minimum atomic E-state index is 0.0876. The van der Waals surface area contributed by atoms with E-state index in [4.69, 9.17) is 0 Å². The Morgan fingerprint density at radius 3 is 2.42 bits per heavy atom. The molecular formula is C9H18N2O. The highest BCUT2D eigenvalue weighted by atomic mass is 16.2. The third-order valence-electron chi connectivity index (χ3n) is 2.11. The number of carbonyl (C=O) groups is 1. The first-order valence-electron chi connectivity index (χ1n) is 4.45. The number of rotatable bonds is 0. The van der Waals surface area contributed by atoms with Crippen molar-refractivity contribution < 1.29 is 4.79 Å². The van der Waals surface area contributed by atoms with Gasteiger partial charge in [0.25, 0.3) is 0 Å². The highest BCUT2D eigenvalue weighted by molar-refractivity contribution is 5.77. The maximum atomic E-state index is 11.2. The standard InChI is InChI=1S/C9H18N2O/c1-6-5-7(12)11-8(10-6)9(2,3)4/h6,8,10H,5H2,1-4H3,(H,11,12). The van der Waals surface area contributed by atoms with Crippen LogP contribution in [0.3, 0.4) is 0 Å². The summed E-state index contributed by atoms with van der Waals surface area (Å²) in [6.45, 7) is 8.38. The van der Waals surface area contributed by atoms with Crippen LogP contribution in [-0.4, -0.2) is 18.1 Å². The van der Waals surface area contributed by atoms with Crippen LogP contribution >= 0.6 is 0 Å². The number of amides is 1. The van der Waals surface area contributed by atoms with Crippen molar-refractivity contribution in [1.29, 1.82) is 0 Å². The zero-order valence-electron chi connectivity index (χ0n) is 8.27. The maximum Gasteiger partial charge on any atom is 0.222 e. The van der Waals surface area contributed by atoms with Crippen molar-refractivity contribution in [2.45, 2.75) is 46.3 Å². The second kappa shape index (κ2) is 3.05. The summed E-state index contributed by atoms with van der Waals surface area (Å²) in [6, 6.07) is 0.294. The summed E-state index contributed by atoms with van der Waals surface area (Å²) >= 11 is 0. The molecule has 3 nitrogen and oxygen atoms in total. The zero-order chi connectivity index (χ0) is 9.35. The molecule has 1 saturated heterocycles. The van der Waals surface area contributed by atoms with E-state index in [0.717, 1.165) is 0 Å². The predicted molar refractivity (Wildman–Crippen MR) is 48.6 cm³/mol. The van der Waals surface area contributed by atoms with E-state index in [1.807, 2.05) is 6.92 Å². The molecule has 0 spiro atoms. The summed E-state index contributed by atoms with van der Waals surface area (Å²) in [5.41, 5.74) is 0.0876. The molecule has 2 unspecified atom stereocenters. The molecule has 70 valence electrons. The maximum absolute atomic E-state index is 11.2. The molecule has 0 radical (unpaired) electrons. The van der Waals surface area contributed by atoms with Crippen molar-refractivity contribution in [1.82, 2.24) is 10.6 Å². The van der Waals surface area contributed by atoms with Crippen LogP contribution < -0.4 is 10.6 Å². The quantitative estimate of drug-likeness (QED) is 0.566. The third-order valence-corrected chi connectivity index (χ3v) is 2.11. The molecule has 2 N–H and O–H groups in total. The molecule has 1 amide bonds. The molecule has 0 aromatic heterocycles. The van der Waals surface area contributed by atoms with Crippen molar-refractivity contribution in [3.8, 4) is 0 Å². The molecule has 12 heavy (non-hydrogen) atoms. The van der Waals surface area contributed by atoms with E-state index in [-0.39, 0.29) is 17.5 Å². The lowest BCUT2D eigenvalue weighted by Gasteiger charge is -2.38. The van der Waals surface area contributed by atoms with Crippen molar-refractivity contribution in [2.24, 2.45) is 5.41 Å². The van der Waals surface area contributed by atoms with Crippen molar-refractivity contribution >= 4 is 5.91 Å². The van der Waals surface area contributed by atoms with Gasteiger partial charge in [-0.25, -0.2) is 0 Å². The molecule has 1 aliphatic rings. The normalized spacial score (nSPS) is 31.5. The first kappa shape index (κ1) is 9.52. The van der Waals surface area contributed by atoms with Crippen LogP contribution in [0.15, 0.2) is 0 Å². The number of hydrogen-bond acceptors (Lipinski definition) is 2. The zero-order valence-corrected chi connectivity index (χ0v) is 8.27. The molecule has 2 atom stereocenters. The molecule has 1 heterocycles. The van der Waals surface area contributed by atoms with Crippen LogP contribution in [0.2, 0.25) is 0 Å². The first-order chi connectivity index (χ1) is 5.39. The van der Waals surface area contributed by atoms with Crippen LogP contribution in [0.25, 0.3) is 0 Å². The van der Waals surface area contributed by atoms with Gasteiger partial charge >= 0.3 is 0 Å². The Morgan fingerprint density at radius 2 is 2.00 bits per heavy atom. The Bertz CT molecular complexity index is 183. The molecule has 1 rings (SSSR count). The second-order valence-corrected chi connectivity index (χ2v) is 4.64. The molecule has 1 fully saturated rings. The summed E-state index contributed by atoms with van der Waals surface area (Å²) in [7, 11) is 0. The van der Waals surface area contributed by atoms with Gasteiger partial charge in [-0.05, 0) is 12.3 Å². The van der Waals surface area contributed by atoms with Crippen LogP contribution in [0.5, 0.6) is 0 Å².